The van der Waals surface area contributed by atoms with Crippen LogP contribution in [0.4, 0.5) is 4.79 Å². The number of ether oxygens (including phenoxy) is 1. The van der Waals surface area contributed by atoms with E-state index in [9.17, 15) is 19.2 Å². The Morgan fingerprint density at radius 2 is 1.89 bits per heavy atom. The van der Waals surface area contributed by atoms with Crippen LogP contribution in [0.15, 0.2) is 29.2 Å². The van der Waals surface area contributed by atoms with Gasteiger partial charge in [0.2, 0.25) is 5.91 Å². The number of carbonyl (C=O) groups excluding carboxylic acids is 4. The van der Waals surface area contributed by atoms with E-state index in [0.29, 0.717) is 42.3 Å². The minimum atomic E-state index is -0.420. The van der Waals surface area contributed by atoms with Gasteiger partial charge in [0.1, 0.15) is 0 Å². The number of hydrogen-bond donors (Lipinski definition) is 2. The lowest BCUT2D eigenvalue weighted by atomic mass is 10.1. The molecule has 142 valence electrons. The Hall–Kier alpha value is -2.65. The van der Waals surface area contributed by atoms with Crippen molar-refractivity contribution in [1.82, 2.24) is 15.5 Å². The first-order valence-electron chi connectivity index (χ1n) is 8.51. The molecule has 0 saturated carbocycles. The fraction of sp³-hybridized carbons (Fsp3) is 0.333. The average molecular weight is 389 g/mol. The van der Waals surface area contributed by atoms with Crippen LogP contribution in [-0.2, 0) is 14.3 Å². The Labute approximate surface area is 160 Å². The lowest BCUT2D eigenvalue weighted by molar-refractivity contribution is -0.135. The van der Waals surface area contributed by atoms with Crippen LogP contribution < -0.4 is 10.6 Å². The van der Waals surface area contributed by atoms with Crippen molar-refractivity contribution in [2.45, 2.75) is 6.42 Å². The lowest BCUT2D eigenvalue weighted by Crippen LogP contribution is -2.42. The molecule has 2 aliphatic heterocycles. The molecule has 2 heterocycles. The molecular weight excluding hydrogens is 370 g/mol. The monoisotopic (exact) mass is 389 g/mol. The minimum Gasteiger partial charge on any atom is -0.378 e. The first kappa shape index (κ1) is 19.1. The van der Waals surface area contributed by atoms with Gasteiger partial charge in [-0.2, -0.15) is 0 Å². The summed E-state index contributed by atoms with van der Waals surface area (Å²) >= 11 is 0.843. The van der Waals surface area contributed by atoms with Gasteiger partial charge in [-0.25, -0.2) is 0 Å². The van der Waals surface area contributed by atoms with Crippen LogP contribution >= 0.6 is 11.8 Å². The second kappa shape index (κ2) is 8.83. The molecular formula is C18H19N3O5S. The van der Waals surface area contributed by atoms with Crippen molar-refractivity contribution in [3.8, 4) is 0 Å². The van der Waals surface area contributed by atoms with Crippen LogP contribution in [0.5, 0.6) is 0 Å². The fourth-order valence-electron chi connectivity index (χ4n) is 2.66. The highest BCUT2D eigenvalue weighted by Gasteiger charge is 2.24. The Morgan fingerprint density at radius 3 is 2.52 bits per heavy atom. The van der Waals surface area contributed by atoms with E-state index in [4.69, 9.17) is 4.74 Å². The van der Waals surface area contributed by atoms with Crippen LogP contribution in [0.1, 0.15) is 22.3 Å². The van der Waals surface area contributed by atoms with Crippen molar-refractivity contribution in [1.29, 1.82) is 0 Å². The third kappa shape index (κ3) is 5.18. The second-order valence-corrected chi connectivity index (χ2v) is 6.99. The van der Waals surface area contributed by atoms with E-state index >= 15 is 0 Å². The SMILES string of the molecule is O=C1NC(=O)/C(=C/c2ccc(C(=O)NCCC(=O)N3CCOCC3)cc2)S1. The van der Waals surface area contributed by atoms with E-state index in [0.717, 1.165) is 11.8 Å². The fourth-order valence-corrected chi connectivity index (χ4v) is 3.34. The molecule has 0 atom stereocenters. The highest BCUT2D eigenvalue weighted by atomic mass is 32.2. The highest BCUT2D eigenvalue weighted by Crippen LogP contribution is 2.25. The number of amides is 4. The van der Waals surface area contributed by atoms with Crippen LogP contribution in [0.3, 0.4) is 0 Å². The third-order valence-corrected chi connectivity index (χ3v) is 4.91. The molecule has 3 rings (SSSR count). The van der Waals surface area contributed by atoms with Crippen LogP contribution in [0, 0.1) is 0 Å². The topological polar surface area (TPSA) is 105 Å². The summed E-state index contributed by atoms with van der Waals surface area (Å²) in [6, 6.07) is 6.64. The van der Waals surface area contributed by atoms with Crippen molar-refractivity contribution in [2.24, 2.45) is 0 Å². The van der Waals surface area contributed by atoms with Crippen molar-refractivity contribution in [3.05, 3.63) is 40.3 Å². The summed E-state index contributed by atoms with van der Waals surface area (Å²) in [5, 5.41) is 4.52. The van der Waals surface area contributed by atoms with Gasteiger partial charge < -0.3 is 15.0 Å². The predicted octanol–water partition coefficient (Wildman–Crippen LogP) is 0.989. The smallest absolute Gasteiger partial charge is 0.290 e. The maximum absolute atomic E-state index is 12.2. The molecule has 2 aliphatic rings. The summed E-state index contributed by atoms with van der Waals surface area (Å²) in [6.07, 6.45) is 1.84. The average Bonchev–Trinajstić information content (AvgIpc) is 2.99. The minimum absolute atomic E-state index is 0.00228. The number of hydrogen-bond acceptors (Lipinski definition) is 6. The maximum Gasteiger partial charge on any atom is 0.290 e. The largest absolute Gasteiger partial charge is 0.378 e. The Balaban J connectivity index is 1.49. The molecule has 1 aromatic carbocycles. The van der Waals surface area contributed by atoms with E-state index in [1.165, 1.54) is 0 Å². The van der Waals surface area contributed by atoms with E-state index in [2.05, 4.69) is 10.6 Å². The first-order chi connectivity index (χ1) is 13.0. The van der Waals surface area contributed by atoms with Gasteiger partial charge >= 0.3 is 0 Å². The van der Waals surface area contributed by atoms with Crippen molar-refractivity contribution < 1.29 is 23.9 Å². The van der Waals surface area contributed by atoms with Gasteiger partial charge in [-0.15, -0.1) is 0 Å². The summed E-state index contributed by atoms with van der Waals surface area (Å²) in [6.45, 7) is 2.54. The summed E-state index contributed by atoms with van der Waals surface area (Å²) in [5.74, 6) is -0.689. The van der Waals surface area contributed by atoms with E-state index in [-0.39, 0.29) is 24.8 Å². The van der Waals surface area contributed by atoms with Gasteiger partial charge in [0.15, 0.2) is 0 Å². The molecule has 8 nitrogen and oxygen atoms in total. The number of benzene rings is 1. The van der Waals surface area contributed by atoms with E-state index in [1.54, 1.807) is 35.2 Å². The molecule has 0 aliphatic carbocycles. The molecule has 0 aromatic heterocycles. The van der Waals surface area contributed by atoms with Crippen molar-refractivity contribution in [3.63, 3.8) is 0 Å². The zero-order valence-electron chi connectivity index (χ0n) is 14.5. The van der Waals surface area contributed by atoms with Crippen molar-refractivity contribution >= 4 is 40.8 Å². The normalized spacial score (nSPS) is 18.5. The van der Waals surface area contributed by atoms with E-state index < -0.39 is 11.1 Å². The molecule has 1 aromatic rings. The standard InChI is InChI=1S/C18H19N3O5S/c22-15(21-7-9-26-10-8-21)5-6-19-16(23)13-3-1-12(2-4-13)11-14-17(24)20-18(25)27-14/h1-4,11H,5-10H2,(H,19,23)(H,20,24,25)/b14-11-. The molecule has 27 heavy (non-hydrogen) atoms. The maximum atomic E-state index is 12.2. The third-order valence-electron chi connectivity index (χ3n) is 4.10. The number of nitrogens with zero attached hydrogens (tertiary/aromatic N) is 1. The summed E-state index contributed by atoms with van der Waals surface area (Å²) in [5.41, 5.74) is 1.16. The Bertz CT molecular complexity index is 785. The van der Waals surface area contributed by atoms with Crippen LogP contribution in [-0.4, -0.2) is 60.7 Å². The van der Waals surface area contributed by atoms with Crippen molar-refractivity contribution in [2.75, 3.05) is 32.8 Å². The molecule has 0 spiro atoms. The quantitative estimate of drug-likeness (QED) is 0.728. The number of thioether (sulfide) groups is 1. The molecule has 0 radical (unpaired) electrons. The Kier molecular flexibility index (Phi) is 6.25. The number of imide groups is 1. The number of morpholine rings is 1. The van der Waals surface area contributed by atoms with Gasteiger partial charge in [0.05, 0.1) is 18.1 Å². The summed E-state index contributed by atoms with van der Waals surface area (Å²) in [4.78, 5) is 48.9. The van der Waals surface area contributed by atoms with Crippen LogP contribution in [0.25, 0.3) is 6.08 Å². The van der Waals surface area contributed by atoms with E-state index in [1.807, 2.05) is 0 Å². The molecule has 4 amide bonds. The summed E-state index contributed by atoms with van der Waals surface area (Å²) in [7, 11) is 0. The molecule has 0 bridgehead atoms. The molecule has 2 fully saturated rings. The number of rotatable bonds is 5. The predicted molar refractivity (Wildman–Crippen MR) is 99.9 cm³/mol. The van der Waals surface area contributed by atoms with Gasteiger partial charge in [0.25, 0.3) is 17.1 Å². The zero-order chi connectivity index (χ0) is 19.2. The molecule has 2 saturated heterocycles. The number of nitrogens with one attached hydrogen (secondary N) is 2. The summed E-state index contributed by atoms with van der Waals surface area (Å²) < 4.78 is 5.21. The highest BCUT2D eigenvalue weighted by molar-refractivity contribution is 8.18. The lowest BCUT2D eigenvalue weighted by Gasteiger charge is -2.26. The Morgan fingerprint density at radius 1 is 1.19 bits per heavy atom. The molecule has 0 unspecified atom stereocenters. The zero-order valence-corrected chi connectivity index (χ0v) is 15.3. The molecule has 9 heteroatoms. The van der Waals surface area contributed by atoms with Gasteiger partial charge in [-0.05, 0) is 35.5 Å². The second-order valence-electron chi connectivity index (χ2n) is 5.97. The first-order valence-corrected chi connectivity index (χ1v) is 9.33. The number of carbonyl (C=O) groups is 4. The van der Waals surface area contributed by atoms with Gasteiger partial charge in [-0.3, -0.25) is 24.5 Å². The van der Waals surface area contributed by atoms with Crippen LogP contribution in [0.2, 0.25) is 0 Å². The molecule has 2 N–H and O–H groups in total. The van der Waals surface area contributed by atoms with Gasteiger partial charge in [0, 0.05) is 31.6 Å². The van der Waals surface area contributed by atoms with Gasteiger partial charge in [-0.1, -0.05) is 12.1 Å².